The molecule has 0 aliphatic carbocycles. The number of hydrogen-bond donors (Lipinski definition) is 1. The topological polar surface area (TPSA) is 59.1 Å². The van der Waals surface area contributed by atoms with Gasteiger partial charge in [-0.25, -0.2) is 18.1 Å². The maximum atomic E-state index is 11.5. The van der Waals surface area contributed by atoms with E-state index >= 15 is 0 Å². The number of halogens is 1. The molecule has 1 heterocycles. The normalized spacial score (nSPS) is 14.0. The third-order valence-electron chi connectivity index (χ3n) is 2.03. The summed E-state index contributed by atoms with van der Waals surface area (Å²) in [5.74, 6) is 0.0402. The quantitative estimate of drug-likeness (QED) is 0.840. The van der Waals surface area contributed by atoms with Crippen LogP contribution >= 0.6 is 22.9 Å². The molecule has 7 heteroatoms. The van der Waals surface area contributed by atoms with Gasteiger partial charge in [0.25, 0.3) is 0 Å². The molecule has 0 aromatic carbocycles. The summed E-state index contributed by atoms with van der Waals surface area (Å²) in [4.78, 5) is 5.22. The maximum absolute atomic E-state index is 11.5. The van der Waals surface area contributed by atoms with E-state index < -0.39 is 10.0 Å². The van der Waals surface area contributed by atoms with E-state index in [4.69, 9.17) is 11.6 Å². The molecule has 1 unspecified atom stereocenters. The summed E-state index contributed by atoms with van der Waals surface area (Å²) >= 11 is 6.93. The van der Waals surface area contributed by atoms with Crippen LogP contribution in [0.1, 0.15) is 28.5 Å². The Kier molecular flexibility index (Phi) is 4.73. The van der Waals surface area contributed by atoms with Crippen LogP contribution < -0.4 is 4.72 Å². The molecule has 1 aromatic rings. The first-order valence-corrected chi connectivity index (χ1v) is 7.86. The molecule has 0 saturated carbocycles. The second-order valence-corrected chi connectivity index (χ2v) is 7.02. The first-order valence-electron chi connectivity index (χ1n) is 4.85. The second-order valence-electron chi connectivity index (χ2n) is 3.53. The first-order chi connectivity index (χ1) is 7.35. The van der Waals surface area contributed by atoms with Gasteiger partial charge in [0, 0.05) is 10.8 Å². The van der Waals surface area contributed by atoms with E-state index in [2.05, 4.69) is 9.71 Å². The molecule has 0 bridgehead atoms. The minimum atomic E-state index is -3.29. The largest absolute Gasteiger partial charge is 0.247 e. The van der Waals surface area contributed by atoms with E-state index in [1.54, 1.807) is 0 Å². The molecule has 0 fully saturated rings. The zero-order valence-corrected chi connectivity index (χ0v) is 11.8. The van der Waals surface area contributed by atoms with Crippen LogP contribution in [0, 0.1) is 13.8 Å². The Hall–Kier alpha value is -0.170. The van der Waals surface area contributed by atoms with Crippen molar-refractivity contribution in [3.63, 3.8) is 0 Å². The third kappa shape index (κ3) is 3.69. The van der Waals surface area contributed by atoms with Crippen LogP contribution in [0.2, 0.25) is 0 Å². The Bertz CT molecular complexity index is 456. The van der Waals surface area contributed by atoms with E-state index in [1.807, 2.05) is 20.8 Å². The van der Waals surface area contributed by atoms with Gasteiger partial charge in [0.15, 0.2) is 0 Å². The van der Waals surface area contributed by atoms with Crippen molar-refractivity contribution in [1.82, 2.24) is 9.71 Å². The summed E-state index contributed by atoms with van der Waals surface area (Å²) in [7, 11) is -3.29. The zero-order valence-electron chi connectivity index (χ0n) is 9.45. The fourth-order valence-electron chi connectivity index (χ4n) is 1.43. The van der Waals surface area contributed by atoms with Gasteiger partial charge in [-0.05, 0) is 20.8 Å². The summed E-state index contributed by atoms with van der Waals surface area (Å²) < 4.78 is 25.6. The number of rotatable bonds is 5. The number of aromatic nitrogens is 1. The average Bonchev–Trinajstić information content (AvgIpc) is 2.44. The van der Waals surface area contributed by atoms with Crippen molar-refractivity contribution in [2.45, 2.75) is 26.8 Å². The molecule has 0 aliphatic rings. The van der Waals surface area contributed by atoms with Crippen molar-refractivity contribution in [1.29, 1.82) is 0 Å². The van der Waals surface area contributed by atoms with Gasteiger partial charge in [0.2, 0.25) is 10.0 Å². The second kappa shape index (κ2) is 5.44. The molecule has 0 radical (unpaired) electrons. The molecular weight excluding hydrogens is 268 g/mol. The van der Waals surface area contributed by atoms with Crippen molar-refractivity contribution in [3.8, 4) is 0 Å². The highest BCUT2D eigenvalue weighted by atomic mass is 35.5. The standard InChI is InChI=1S/C9H15ClN2O2S2/c1-6-9(15-8(3)11-6)7(2)12-16(13,14)5-4-10/h7,12H,4-5H2,1-3H3. The molecule has 0 amide bonds. The number of alkyl halides is 1. The van der Waals surface area contributed by atoms with Crippen molar-refractivity contribution in [2.24, 2.45) is 0 Å². The van der Waals surface area contributed by atoms with Crippen LogP contribution in [-0.4, -0.2) is 25.0 Å². The smallest absolute Gasteiger partial charge is 0.213 e. The molecular formula is C9H15ClN2O2S2. The van der Waals surface area contributed by atoms with Crippen molar-refractivity contribution < 1.29 is 8.42 Å². The lowest BCUT2D eigenvalue weighted by atomic mass is 10.2. The summed E-state index contributed by atoms with van der Waals surface area (Å²) in [5, 5.41) is 0.941. The number of sulfonamides is 1. The van der Waals surface area contributed by atoms with E-state index in [1.165, 1.54) is 11.3 Å². The van der Waals surface area contributed by atoms with Gasteiger partial charge in [-0.2, -0.15) is 0 Å². The highest BCUT2D eigenvalue weighted by Gasteiger charge is 2.18. The average molecular weight is 283 g/mol. The van der Waals surface area contributed by atoms with Crippen LogP contribution in [0.3, 0.4) is 0 Å². The number of aryl methyl sites for hydroxylation is 2. The SMILES string of the molecule is Cc1nc(C)c(C(C)NS(=O)(=O)CCCl)s1. The number of hydrogen-bond acceptors (Lipinski definition) is 4. The van der Waals surface area contributed by atoms with Crippen molar-refractivity contribution in [3.05, 3.63) is 15.6 Å². The zero-order chi connectivity index (χ0) is 12.3. The predicted octanol–water partition coefficient (Wildman–Crippen LogP) is 1.98. The molecule has 0 aliphatic heterocycles. The number of thiazole rings is 1. The molecule has 1 atom stereocenters. The molecule has 16 heavy (non-hydrogen) atoms. The van der Waals surface area contributed by atoms with Gasteiger partial charge in [-0.1, -0.05) is 0 Å². The highest BCUT2D eigenvalue weighted by molar-refractivity contribution is 7.89. The van der Waals surface area contributed by atoms with Crippen molar-refractivity contribution >= 4 is 33.0 Å². The number of nitrogens with one attached hydrogen (secondary N) is 1. The summed E-state index contributed by atoms with van der Waals surface area (Å²) in [6, 6.07) is -0.251. The Morgan fingerprint density at radius 1 is 1.50 bits per heavy atom. The summed E-state index contributed by atoms with van der Waals surface area (Å²) in [6.45, 7) is 5.60. The predicted molar refractivity (Wildman–Crippen MR) is 67.6 cm³/mol. The maximum Gasteiger partial charge on any atom is 0.213 e. The fourth-order valence-corrected chi connectivity index (χ4v) is 4.02. The van der Waals surface area contributed by atoms with E-state index in [0.29, 0.717) is 0 Å². The Balaban J connectivity index is 2.80. The monoisotopic (exact) mass is 282 g/mol. The molecule has 1 rings (SSSR count). The first kappa shape index (κ1) is 13.9. The van der Waals surface area contributed by atoms with Gasteiger partial charge in [0.05, 0.1) is 22.5 Å². The van der Waals surface area contributed by atoms with Crippen LogP contribution in [0.25, 0.3) is 0 Å². The lowest BCUT2D eigenvalue weighted by Crippen LogP contribution is -2.29. The van der Waals surface area contributed by atoms with Crippen LogP contribution in [0.15, 0.2) is 0 Å². The van der Waals surface area contributed by atoms with Crippen molar-refractivity contribution in [2.75, 3.05) is 11.6 Å². The van der Waals surface area contributed by atoms with Crippen LogP contribution in [-0.2, 0) is 10.0 Å². The van der Waals surface area contributed by atoms with Gasteiger partial charge in [-0.3, -0.25) is 0 Å². The minimum absolute atomic E-state index is 0.0598. The van der Waals surface area contributed by atoms with Crippen LogP contribution in [0.5, 0.6) is 0 Å². The molecule has 0 spiro atoms. The van der Waals surface area contributed by atoms with E-state index in [9.17, 15) is 8.42 Å². The molecule has 1 aromatic heterocycles. The lowest BCUT2D eigenvalue weighted by Gasteiger charge is -2.12. The Morgan fingerprint density at radius 3 is 2.56 bits per heavy atom. The van der Waals surface area contributed by atoms with Gasteiger partial charge in [0.1, 0.15) is 0 Å². The molecule has 92 valence electrons. The van der Waals surface area contributed by atoms with E-state index in [0.717, 1.165) is 15.6 Å². The highest BCUT2D eigenvalue weighted by Crippen LogP contribution is 2.24. The van der Waals surface area contributed by atoms with E-state index in [-0.39, 0.29) is 17.7 Å². The summed E-state index contributed by atoms with van der Waals surface area (Å²) in [6.07, 6.45) is 0. The van der Waals surface area contributed by atoms with Gasteiger partial charge in [-0.15, -0.1) is 22.9 Å². The fraction of sp³-hybridized carbons (Fsp3) is 0.667. The summed E-state index contributed by atoms with van der Waals surface area (Å²) in [5.41, 5.74) is 0.878. The third-order valence-corrected chi connectivity index (χ3v) is 5.16. The van der Waals surface area contributed by atoms with Crippen LogP contribution in [0.4, 0.5) is 0 Å². The molecule has 4 nitrogen and oxygen atoms in total. The molecule has 0 saturated heterocycles. The minimum Gasteiger partial charge on any atom is -0.247 e. The lowest BCUT2D eigenvalue weighted by molar-refractivity contribution is 0.569. The van der Waals surface area contributed by atoms with Gasteiger partial charge >= 0.3 is 0 Å². The number of nitrogens with zero attached hydrogens (tertiary/aromatic N) is 1. The Labute approximate surface area is 105 Å². The Morgan fingerprint density at radius 2 is 2.12 bits per heavy atom. The van der Waals surface area contributed by atoms with Gasteiger partial charge < -0.3 is 0 Å². The molecule has 1 N–H and O–H groups in total.